The number of carbonyl (C=O) groups excluding carboxylic acids is 2. The maximum absolute atomic E-state index is 12.1. The highest BCUT2D eigenvalue weighted by atomic mass is 79.9. The second-order valence-corrected chi connectivity index (χ2v) is 5.35. The fraction of sp³-hybridized carbons (Fsp3) is 0.385. The van der Waals surface area contributed by atoms with Crippen LogP contribution in [0.2, 0.25) is 0 Å². The Balaban J connectivity index is 3.09. The molecule has 2 N–H and O–H groups in total. The number of halogens is 1. The van der Waals surface area contributed by atoms with Gasteiger partial charge in [-0.2, -0.15) is 0 Å². The third-order valence-corrected chi connectivity index (χ3v) is 3.25. The predicted octanol–water partition coefficient (Wildman–Crippen LogP) is 2.17. The lowest BCUT2D eigenvalue weighted by molar-refractivity contribution is -0.133. The largest absolute Gasteiger partial charge is 0.369 e. The topological polar surface area (TPSA) is 67.4 Å². The van der Waals surface area contributed by atoms with Gasteiger partial charge in [0.1, 0.15) is 5.60 Å². The van der Waals surface area contributed by atoms with Crippen molar-refractivity contribution in [2.24, 2.45) is 0 Å². The van der Waals surface area contributed by atoms with Crippen molar-refractivity contribution >= 4 is 33.4 Å². The number of hydrogen-bond donors (Lipinski definition) is 2. The van der Waals surface area contributed by atoms with Gasteiger partial charge in [-0.3, -0.25) is 9.59 Å². The van der Waals surface area contributed by atoms with E-state index in [4.69, 9.17) is 4.74 Å². The Morgan fingerprint density at radius 3 is 2.47 bits per heavy atom. The van der Waals surface area contributed by atoms with Crippen LogP contribution in [0.1, 0.15) is 24.2 Å². The second-order valence-electron chi connectivity index (χ2n) is 4.44. The first-order valence-corrected chi connectivity index (χ1v) is 6.49. The number of carbonyl (C=O) groups is 2. The summed E-state index contributed by atoms with van der Waals surface area (Å²) in [6.45, 7) is 3.31. The van der Waals surface area contributed by atoms with Crippen LogP contribution in [0.5, 0.6) is 0 Å². The molecular formula is C13H17BrN2O3. The van der Waals surface area contributed by atoms with E-state index in [0.29, 0.717) is 11.3 Å². The molecule has 0 aliphatic rings. The molecule has 0 bridgehead atoms. The predicted molar refractivity (Wildman–Crippen MR) is 77.2 cm³/mol. The van der Waals surface area contributed by atoms with Gasteiger partial charge in [0.15, 0.2) is 0 Å². The summed E-state index contributed by atoms with van der Waals surface area (Å²) < 4.78 is 5.87. The molecule has 0 unspecified atom stereocenters. The average molecular weight is 329 g/mol. The molecule has 1 rings (SSSR count). The lowest BCUT2D eigenvalue weighted by atomic mass is 10.1. The molecule has 0 aliphatic carbocycles. The maximum atomic E-state index is 12.1. The molecular weight excluding hydrogens is 312 g/mol. The third kappa shape index (κ3) is 3.78. The zero-order valence-corrected chi connectivity index (χ0v) is 12.9. The molecule has 2 amide bonds. The Hall–Kier alpha value is -1.40. The van der Waals surface area contributed by atoms with Crippen molar-refractivity contribution in [2.45, 2.75) is 19.4 Å². The third-order valence-electron chi connectivity index (χ3n) is 2.76. The van der Waals surface area contributed by atoms with Crippen LogP contribution in [0.4, 0.5) is 5.69 Å². The first-order chi connectivity index (χ1) is 8.81. The number of anilines is 1. The zero-order valence-electron chi connectivity index (χ0n) is 11.3. The van der Waals surface area contributed by atoms with Crippen molar-refractivity contribution in [1.29, 1.82) is 0 Å². The van der Waals surface area contributed by atoms with Gasteiger partial charge in [-0.25, -0.2) is 0 Å². The Morgan fingerprint density at radius 2 is 1.95 bits per heavy atom. The number of methoxy groups -OCH3 is 1. The van der Waals surface area contributed by atoms with Crippen molar-refractivity contribution in [3.63, 3.8) is 0 Å². The van der Waals surface area contributed by atoms with Gasteiger partial charge in [-0.05, 0) is 32.0 Å². The van der Waals surface area contributed by atoms with E-state index in [1.165, 1.54) is 14.2 Å². The van der Waals surface area contributed by atoms with Gasteiger partial charge in [-0.1, -0.05) is 15.9 Å². The molecule has 0 radical (unpaired) electrons. The Kier molecular flexibility index (Phi) is 5.08. The van der Waals surface area contributed by atoms with Crippen molar-refractivity contribution in [3.05, 3.63) is 28.2 Å². The number of nitrogens with one attached hydrogen (secondary N) is 2. The van der Waals surface area contributed by atoms with Crippen molar-refractivity contribution in [2.75, 3.05) is 19.5 Å². The van der Waals surface area contributed by atoms with Gasteiger partial charge >= 0.3 is 0 Å². The number of amides is 2. The van der Waals surface area contributed by atoms with E-state index in [1.54, 1.807) is 32.0 Å². The standard InChI is InChI=1S/C13H17BrN2O3/c1-13(2,19-4)12(18)16-10-7-8(14)5-6-9(10)11(17)15-3/h5-7H,1-4H3,(H,15,17)(H,16,18). The highest BCUT2D eigenvalue weighted by Gasteiger charge is 2.28. The summed E-state index contributed by atoms with van der Waals surface area (Å²) >= 11 is 3.31. The van der Waals surface area contributed by atoms with Crippen LogP contribution in [0, 0.1) is 0 Å². The number of ether oxygens (including phenoxy) is 1. The van der Waals surface area contributed by atoms with Crippen LogP contribution in [-0.2, 0) is 9.53 Å². The Bertz CT molecular complexity index is 501. The Morgan fingerprint density at radius 1 is 1.32 bits per heavy atom. The monoisotopic (exact) mass is 328 g/mol. The molecule has 0 aromatic heterocycles. The van der Waals surface area contributed by atoms with Gasteiger partial charge in [0, 0.05) is 18.6 Å². The second kappa shape index (κ2) is 6.16. The van der Waals surface area contributed by atoms with E-state index in [0.717, 1.165) is 4.47 Å². The molecule has 0 spiro atoms. The fourth-order valence-corrected chi connectivity index (χ4v) is 1.68. The smallest absolute Gasteiger partial charge is 0.256 e. The quantitative estimate of drug-likeness (QED) is 0.890. The first kappa shape index (κ1) is 15.7. The number of rotatable bonds is 4. The molecule has 5 nitrogen and oxygen atoms in total. The van der Waals surface area contributed by atoms with Crippen molar-refractivity contribution in [1.82, 2.24) is 5.32 Å². The van der Waals surface area contributed by atoms with E-state index in [9.17, 15) is 9.59 Å². The molecule has 0 saturated carbocycles. The number of benzene rings is 1. The van der Waals surface area contributed by atoms with Crippen molar-refractivity contribution < 1.29 is 14.3 Å². The molecule has 6 heteroatoms. The van der Waals surface area contributed by atoms with Crippen molar-refractivity contribution in [3.8, 4) is 0 Å². The van der Waals surface area contributed by atoms with E-state index >= 15 is 0 Å². The normalized spacial score (nSPS) is 11.0. The van der Waals surface area contributed by atoms with Gasteiger partial charge < -0.3 is 15.4 Å². The molecule has 19 heavy (non-hydrogen) atoms. The minimum absolute atomic E-state index is 0.266. The van der Waals surface area contributed by atoms with Crippen LogP contribution >= 0.6 is 15.9 Å². The molecule has 0 atom stereocenters. The molecule has 0 aliphatic heterocycles. The SMILES string of the molecule is CNC(=O)c1ccc(Br)cc1NC(=O)C(C)(C)OC. The minimum atomic E-state index is -0.970. The van der Waals surface area contributed by atoms with Gasteiger partial charge in [0.05, 0.1) is 11.3 Å². The van der Waals surface area contributed by atoms with E-state index in [-0.39, 0.29) is 11.8 Å². The summed E-state index contributed by atoms with van der Waals surface area (Å²) in [5, 5.41) is 5.23. The van der Waals surface area contributed by atoms with Gasteiger partial charge in [-0.15, -0.1) is 0 Å². The van der Waals surface area contributed by atoms with Gasteiger partial charge in [0.25, 0.3) is 11.8 Å². The summed E-state index contributed by atoms with van der Waals surface area (Å²) in [6, 6.07) is 5.05. The van der Waals surface area contributed by atoms with Crippen LogP contribution in [0.15, 0.2) is 22.7 Å². The van der Waals surface area contributed by atoms with Crippen LogP contribution < -0.4 is 10.6 Å². The summed E-state index contributed by atoms with van der Waals surface area (Å²) in [7, 11) is 3.00. The summed E-state index contributed by atoms with van der Waals surface area (Å²) in [6.07, 6.45) is 0. The van der Waals surface area contributed by atoms with Crippen LogP contribution in [-0.4, -0.2) is 31.6 Å². The van der Waals surface area contributed by atoms with E-state index in [2.05, 4.69) is 26.6 Å². The molecule has 104 valence electrons. The highest BCUT2D eigenvalue weighted by molar-refractivity contribution is 9.10. The molecule has 1 aromatic carbocycles. The van der Waals surface area contributed by atoms with E-state index in [1.807, 2.05) is 0 Å². The first-order valence-electron chi connectivity index (χ1n) is 5.70. The lowest BCUT2D eigenvalue weighted by Gasteiger charge is -2.22. The van der Waals surface area contributed by atoms with Gasteiger partial charge in [0.2, 0.25) is 0 Å². The maximum Gasteiger partial charge on any atom is 0.256 e. The van der Waals surface area contributed by atoms with Crippen LogP contribution in [0.3, 0.4) is 0 Å². The summed E-state index contributed by atoms with van der Waals surface area (Å²) in [5.74, 6) is -0.587. The molecule has 1 aromatic rings. The molecule has 0 fully saturated rings. The molecule has 0 saturated heterocycles. The average Bonchev–Trinajstić information content (AvgIpc) is 2.38. The number of hydrogen-bond acceptors (Lipinski definition) is 3. The fourth-order valence-electron chi connectivity index (χ4n) is 1.32. The summed E-state index contributed by atoms with van der Waals surface area (Å²) in [4.78, 5) is 23.8. The molecule has 0 heterocycles. The highest BCUT2D eigenvalue weighted by Crippen LogP contribution is 2.23. The zero-order chi connectivity index (χ0) is 14.6. The lowest BCUT2D eigenvalue weighted by Crippen LogP contribution is -2.39. The minimum Gasteiger partial charge on any atom is -0.369 e. The van der Waals surface area contributed by atoms with Crippen LogP contribution in [0.25, 0.3) is 0 Å². The van der Waals surface area contributed by atoms with E-state index < -0.39 is 5.60 Å². The summed E-state index contributed by atoms with van der Waals surface area (Å²) in [5.41, 5.74) is -0.141. The Labute approximate surface area is 120 Å².